The van der Waals surface area contributed by atoms with E-state index in [2.05, 4.69) is 20.3 Å². The minimum atomic E-state index is -0.0598. The summed E-state index contributed by atoms with van der Waals surface area (Å²) in [5.41, 5.74) is 1.08. The first-order valence-corrected chi connectivity index (χ1v) is 6.03. The Balaban J connectivity index is 1.85. The van der Waals surface area contributed by atoms with Crippen LogP contribution in [-0.4, -0.2) is 64.3 Å². The first-order valence-electron chi connectivity index (χ1n) is 6.03. The molecule has 1 saturated heterocycles. The van der Waals surface area contributed by atoms with Gasteiger partial charge in [0.15, 0.2) is 5.69 Å². The summed E-state index contributed by atoms with van der Waals surface area (Å²) in [6, 6.07) is 0. The van der Waals surface area contributed by atoms with Crippen LogP contribution in [0.2, 0.25) is 0 Å². The fourth-order valence-electron chi connectivity index (χ4n) is 2.07. The Morgan fingerprint density at radius 1 is 1.41 bits per heavy atom. The number of nitrogens with one attached hydrogen (secondary N) is 1. The number of aromatic amines is 1. The van der Waals surface area contributed by atoms with Gasteiger partial charge < -0.3 is 9.80 Å². The minimum absolute atomic E-state index is 0.0598. The standard InChI is InChI=1S/C11H19N5O/c1-9-10(13-14-12-9)11(17)15(2)7-8-16-5-3-4-6-16/h3-8H2,1-2H3,(H,12,13,14). The fourth-order valence-corrected chi connectivity index (χ4v) is 2.07. The van der Waals surface area contributed by atoms with Gasteiger partial charge >= 0.3 is 0 Å². The molecule has 2 heterocycles. The molecule has 1 aromatic rings. The van der Waals surface area contributed by atoms with Gasteiger partial charge in [0, 0.05) is 20.1 Å². The molecule has 0 unspecified atom stereocenters. The largest absolute Gasteiger partial charge is 0.339 e. The summed E-state index contributed by atoms with van der Waals surface area (Å²) < 4.78 is 0. The number of hydrogen-bond donors (Lipinski definition) is 1. The minimum Gasteiger partial charge on any atom is -0.339 e. The van der Waals surface area contributed by atoms with Gasteiger partial charge in [0.25, 0.3) is 5.91 Å². The van der Waals surface area contributed by atoms with Crippen molar-refractivity contribution >= 4 is 5.91 Å². The normalized spacial score (nSPS) is 16.4. The summed E-state index contributed by atoms with van der Waals surface area (Å²) >= 11 is 0. The third-order valence-corrected chi connectivity index (χ3v) is 3.22. The smallest absolute Gasteiger partial charge is 0.276 e. The van der Waals surface area contributed by atoms with Crippen molar-refractivity contribution in [2.45, 2.75) is 19.8 Å². The molecule has 1 aromatic heterocycles. The van der Waals surface area contributed by atoms with Crippen molar-refractivity contribution in [1.82, 2.24) is 25.2 Å². The van der Waals surface area contributed by atoms with E-state index in [0.717, 1.165) is 26.2 Å². The molecule has 0 atom stereocenters. The molecule has 0 aromatic carbocycles. The van der Waals surface area contributed by atoms with E-state index in [-0.39, 0.29) is 5.91 Å². The second kappa shape index (κ2) is 5.27. The van der Waals surface area contributed by atoms with E-state index in [4.69, 9.17) is 0 Å². The highest BCUT2D eigenvalue weighted by atomic mass is 16.2. The molecule has 1 aliphatic heterocycles. The highest BCUT2D eigenvalue weighted by Gasteiger charge is 2.19. The monoisotopic (exact) mass is 237 g/mol. The third-order valence-electron chi connectivity index (χ3n) is 3.22. The number of aromatic nitrogens is 3. The number of rotatable bonds is 4. The molecule has 1 amide bonds. The van der Waals surface area contributed by atoms with Crippen molar-refractivity contribution in [3.8, 4) is 0 Å². The van der Waals surface area contributed by atoms with E-state index in [9.17, 15) is 4.79 Å². The predicted molar refractivity (Wildman–Crippen MR) is 63.8 cm³/mol. The van der Waals surface area contributed by atoms with Gasteiger partial charge in [-0.3, -0.25) is 4.79 Å². The lowest BCUT2D eigenvalue weighted by Crippen LogP contribution is -2.35. The zero-order valence-corrected chi connectivity index (χ0v) is 10.4. The van der Waals surface area contributed by atoms with Crippen molar-refractivity contribution in [3.63, 3.8) is 0 Å². The van der Waals surface area contributed by atoms with Gasteiger partial charge in [-0.05, 0) is 32.9 Å². The van der Waals surface area contributed by atoms with Gasteiger partial charge in [0.05, 0.1) is 5.69 Å². The lowest BCUT2D eigenvalue weighted by atomic mass is 10.3. The van der Waals surface area contributed by atoms with E-state index < -0.39 is 0 Å². The van der Waals surface area contributed by atoms with E-state index in [1.54, 1.807) is 11.8 Å². The van der Waals surface area contributed by atoms with E-state index in [1.807, 2.05) is 7.05 Å². The van der Waals surface area contributed by atoms with Crippen molar-refractivity contribution in [2.75, 3.05) is 33.2 Å². The van der Waals surface area contributed by atoms with Crippen LogP contribution in [0.25, 0.3) is 0 Å². The molecule has 1 fully saturated rings. The van der Waals surface area contributed by atoms with Crippen LogP contribution in [0, 0.1) is 6.92 Å². The molecule has 2 rings (SSSR count). The van der Waals surface area contributed by atoms with Crippen LogP contribution in [0.1, 0.15) is 29.0 Å². The van der Waals surface area contributed by atoms with Crippen LogP contribution >= 0.6 is 0 Å². The molecule has 0 aliphatic carbocycles. The number of hydrogen-bond acceptors (Lipinski definition) is 4. The Hall–Kier alpha value is -1.43. The SMILES string of the molecule is Cc1n[nH]nc1C(=O)N(C)CCN1CCCC1. The lowest BCUT2D eigenvalue weighted by Gasteiger charge is -2.20. The molecule has 0 bridgehead atoms. The van der Waals surface area contributed by atoms with E-state index in [0.29, 0.717) is 11.4 Å². The Labute approximate surface area is 101 Å². The quantitative estimate of drug-likeness (QED) is 0.817. The van der Waals surface area contributed by atoms with Crippen molar-refractivity contribution in [3.05, 3.63) is 11.4 Å². The fraction of sp³-hybridized carbons (Fsp3) is 0.727. The maximum absolute atomic E-state index is 12.0. The van der Waals surface area contributed by atoms with Crippen LogP contribution in [0.5, 0.6) is 0 Å². The highest BCUT2D eigenvalue weighted by molar-refractivity contribution is 5.92. The molecule has 6 nitrogen and oxygen atoms in total. The third kappa shape index (κ3) is 2.82. The summed E-state index contributed by atoms with van der Waals surface area (Å²) in [5, 5.41) is 10.2. The highest BCUT2D eigenvalue weighted by Crippen LogP contribution is 2.07. The van der Waals surface area contributed by atoms with Crippen LogP contribution < -0.4 is 0 Å². The van der Waals surface area contributed by atoms with E-state index in [1.165, 1.54) is 12.8 Å². The molecular formula is C11H19N5O. The number of carbonyl (C=O) groups excluding carboxylic acids is 1. The zero-order valence-electron chi connectivity index (χ0n) is 10.4. The van der Waals surface area contributed by atoms with Crippen LogP contribution in [0.3, 0.4) is 0 Å². The van der Waals surface area contributed by atoms with Crippen LogP contribution in [0.4, 0.5) is 0 Å². The van der Waals surface area contributed by atoms with Gasteiger partial charge in [0.1, 0.15) is 0 Å². The summed E-state index contributed by atoms with van der Waals surface area (Å²) in [7, 11) is 1.81. The molecule has 17 heavy (non-hydrogen) atoms. The topological polar surface area (TPSA) is 65.1 Å². The van der Waals surface area contributed by atoms with Gasteiger partial charge in [-0.15, -0.1) is 0 Å². The molecule has 1 N–H and O–H groups in total. The summed E-state index contributed by atoms with van der Waals surface area (Å²) in [4.78, 5) is 16.1. The molecular weight excluding hydrogens is 218 g/mol. The Bertz CT molecular complexity index is 383. The van der Waals surface area contributed by atoms with Crippen molar-refractivity contribution < 1.29 is 4.79 Å². The first kappa shape index (κ1) is 12.0. The number of nitrogens with zero attached hydrogens (tertiary/aromatic N) is 4. The van der Waals surface area contributed by atoms with Crippen LogP contribution in [0.15, 0.2) is 0 Å². The molecule has 6 heteroatoms. The zero-order chi connectivity index (χ0) is 12.3. The van der Waals surface area contributed by atoms with Crippen LogP contribution in [-0.2, 0) is 0 Å². The van der Waals surface area contributed by atoms with Gasteiger partial charge in [-0.25, -0.2) is 0 Å². The molecule has 94 valence electrons. The summed E-state index contributed by atoms with van der Waals surface area (Å²) in [6.07, 6.45) is 2.56. The lowest BCUT2D eigenvalue weighted by molar-refractivity contribution is 0.0776. The Kier molecular flexibility index (Phi) is 3.73. The second-order valence-electron chi connectivity index (χ2n) is 4.53. The molecule has 0 saturated carbocycles. The number of carbonyl (C=O) groups is 1. The molecule has 0 spiro atoms. The maximum Gasteiger partial charge on any atom is 0.276 e. The number of H-pyrrole nitrogens is 1. The summed E-state index contributed by atoms with van der Waals surface area (Å²) in [5.74, 6) is -0.0598. The number of likely N-dealkylation sites (N-methyl/N-ethyl adjacent to an activating group) is 1. The number of aryl methyl sites for hydroxylation is 1. The summed E-state index contributed by atoms with van der Waals surface area (Å²) in [6.45, 7) is 5.78. The average Bonchev–Trinajstić information content (AvgIpc) is 2.95. The molecule has 1 aliphatic rings. The average molecular weight is 237 g/mol. The molecule has 0 radical (unpaired) electrons. The number of amides is 1. The van der Waals surface area contributed by atoms with E-state index >= 15 is 0 Å². The first-order chi connectivity index (χ1) is 8.18. The maximum atomic E-state index is 12.0. The van der Waals surface area contributed by atoms with Gasteiger partial charge in [-0.2, -0.15) is 15.4 Å². The Morgan fingerprint density at radius 2 is 2.12 bits per heavy atom. The predicted octanol–water partition coefficient (Wildman–Crippen LogP) is 0.281. The number of likely N-dealkylation sites (tertiary alicyclic amines) is 1. The van der Waals surface area contributed by atoms with Gasteiger partial charge in [0.2, 0.25) is 0 Å². The van der Waals surface area contributed by atoms with Crippen molar-refractivity contribution in [2.24, 2.45) is 0 Å². The Morgan fingerprint density at radius 3 is 2.71 bits per heavy atom. The second-order valence-corrected chi connectivity index (χ2v) is 4.53. The van der Waals surface area contributed by atoms with Crippen molar-refractivity contribution in [1.29, 1.82) is 0 Å². The van der Waals surface area contributed by atoms with Gasteiger partial charge in [-0.1, -0.05) is 0 Å².